The molecule has 1 aromatic rings. The number of anilines is 2. The van der Waals surface area contributed by atoms with Crippen molar-refractivity contribution in [3.05, 3.63) is 22.7 Å². The number of sulfone groups is 1. The van der Waals surface area contributed by atoms with E-state index in [9.17, 15) is 16.8 Å². The Morgan fingerprint density at radius 2 is 1.88 bits per heavy atom. The van der Waals surface area contributed by atoms with E-state index in [4.69, 9.17) is 5.73 Å². The number of rotatable bonds is 4. The van der Waals surface area contributed by atoms with Gasteiger partial charge < -0.3 is 5.73 Å². The molecule has 0 radical (unpaired) electrons. The Kier molecular flexibility index (Phi) is 4.05. The van der Waals surface area contributed by atoms with E-state index in [1.165, 1.54) is 12.1 Å². The van der Waals surface area contributed by atoms with Gasteiger partial charge in [-0.2, -0.15) is 0 Å². The number of nitrogen functional groups attached to an aromatic ring is 1. The Bertz CT molecular complexity index is 625. The van der Waals surface area contributed by atoms with Crippen molar-refractivity contribution in [2.45, 2.75) is 0 Å². The highest BCUT2D eigenvalue weighted by Crippen LogP contribution is 2.24. The van der Waals surface area contributed by atoms with Crippen LogP contribution >= 0.6 is 15.9 Å². The summed E-state index contributed by atoms with van der Waals surface area (Å²) >= 11 is 3.17. The summed E-state index contributed by atoms with van der Waals surface area (Å²) in [6, 6.07) is 4.55. The SMILES string of the molecule is CS(=O)(=O)CS(=O)(=O)Nc1ccc(Br)cc1N. The van der Waals surface area contributed by atoms with Crippen molar-refractivity contribution in [3.8, 4) is 0 Å². The number of nitrogens with one attached hydrogen (secondary N) is 1. The maximum absolute atomic E-state index is 11.5. The van der Waals surface area contributed by atoms with Gasteiger partial charge in [0.1, 0.15) is 0 Å². The molecule has 9 heteroatoms. The number of benzene rings is 1. The Hall–Kier alpha value is -0.800. The minimum atomic E-state index is -3.96. The maximum Gasteiger partial charge on any atom is 0.247 e. The van der Waals surface area contributed by atoms with Crippen molar-refractivity contribution in [2.24, 2.45) is 0 Å². The molecule has 0 atom stereocenters. The first-order valence-electron chi connectivity index (χ1n) is 4.32. The highest BCUT2D eigenvalue weighted by Gasteiger charge is 2.18. The van der Waals surface area contributed by atoms with Gasteiger partial charge in [-0.15, -0.1) is 0 Å². The molecular formula is C8H11BrN2O4S2. The molecule has 0 aliphatic heterocycles. The topological polar surface area (TPSA) is 106 Å². The molecule has 0 bridgehead atoms. The summed E-state index contributed by atoms with van der Waals surface area (Å²) in [7, 11) is -7.58. The molecular weight excluding hydrogens is 332 g/mol. The molecule has 1 rings (SSSR count). The lowest BCUT2D eigenvalue weighted by molar-refractivity contribution is 0.595. The minimum absolute atomic E-state index is 0.150. The fourth-order valence-electron chi connectivity index (χ4n) is 1.11. The lowest BCUT2D eigenvalue weighted by Crippen LogP contribution is -2.22. The van der Waals surface area contributed by atoms with Crippen molar-refractivity contribution in [2.75, 3.05) is 21.8 Å². The Morgan fingerprint density at radius 3 is 2.35 bits per heavy atom. The fraction of sp³-hybridized carbons (Fsp3) is 0.250. The van der Waals surface area contributed by atoms with Crippen molar-refractivity contribution < 1.29 is 16.8 Å². The average Bonchev–Trinajstić information content (AvgIpc) is 2.05. The summed E-state index contributed by atoms with van der Waals surface area (Å²) in [6.45, 7) is 0. The third-order valence-corrected chi connectivity index (χ3v) is 5.63. The summed E-state index contributed by atoms with van der Waals surface area (Å²) in [5.74, 6) is 0. The van der Waals surface area contributed by atoms with Gasteiger partial charge in [-0.05, 0) is 18.2 Å². The van der Waals surface area contributed by atoms with E-state index in [-0.39, 0.29) is 11.4 Å². The first-order valence-corrected chi connectivity index (χ1v) is 8.83. The van der Waals surface area contributed by atoms with Crippen LogP contribution in [-0.2, 0) is 19.9 Å². The standard InChI is InChI=1S/C8H11BrN2O4S2/c1-16(12,13)5-17(14,15)11-8-3-2-6(9)4-7(8)10/h2-4,11H,5,10H2,1H3. The van der Waals surface area contributed by atoms with Crippen molar-refractivity contribution in [1.82, 2.24) is 0 Å². The first kappa shape index (κ1) is 14.3. The van der Waals surface area contributed by atoms with Crippen LogP contribution in [0, 0.1) is 0 Å². The van der Waals surface area contributed by atoms with Crippen LogP contribution in [0.2, 0.25) is 0 Å². The minimum Gasteiger partial charge on any atom is -0.397 e. The molecule has 0 aromatic heterocycles. The second-order valence-corrected chi connectivity index (χ2v) is 8.64. The van der Waals surface area contributed by atoms with E-state index in [1.807, 2.05) is 0 Å². The van der Waals surface area contributed by atoms with E-state index in [0.29, 0.717) is 4.47 Å². The van der Waals surface area contributed by atoms with E-state index >= 15 is 0 Å². The zero-order valence-corrected chi connectivity index (χ0v) is 12.1. The number of halogens is 1. The summed E-state index contributed by atoms with van der Waals surface area (Å²) in [4.78, 5) is 0. The van der Waals surface area contributed by atoms with Gasteiger partial charge in [0, 0.05) is 10.7 Å². The lowest BCUT2D eigenvalue weighted by Gasteiger charge is -2.09. The molecule has 0 saturated heterocycles. The van der Waals surface area contributed by atoms with E-state index in [2.05, 4.69) is 20.7 Å². The van der Waals surface area contributed by atoms with Crippen molar-refractivity contribution in [1.29, 1.82) is 0 Å². The van der Waals surface area contributed by atoms with Crippen LogP contribution in [-0.4, -0.2) is 28.2 Å². The van der Waals surface area contributed by atoms with Crippen molar-refractivity contribution >= 4 is 47.2 Å². The molecule has 6 nitrogen and oxygen atoms in total. The monoisotopic (exact) mass is 342 g/mol. The predicted molar refractivity (Wildman–Crippen MR) is 70.8 cm³/mol. The van der Waals surface area contributed by atoms with Gasteiger partial charge in [0.15, 0.2) is 14.9 Å². The van der Waals surface area contributed by atoms with E-state index < -0.39 is 24.9 Å². The predicted octanol–water partition coefficient (Wildman–Crippen LogP) is 0.775. The van der Waals surface area contributed by atoms with Gasteiger partial charge in [-0.1, -0.05) is 15.9 Å². The molecule has 1 aromatic carbocycles. The lowest BCUT2D eigenvalue weighted by atomic mass is 10.3. The zero-order valence-electron chi connectivity index (χ0n) is 8.84. The molecule has 0 unspecified atom stereocenters. The second-order valence-electron chi connectivity index (χ2n) is 3.49. The number of hydrogen-bond donors (Lipinski definition) is 2. The Labute approximate surface area is 108 Å². The molecule has 0 heterocycles. The van der Waals surface area contributed by atoms with Gasteiger partial charge in [0.05, 0.1) is 11.4 Å². The molecule has 0 aliphatic rings. The van der Waals surface area contributed by atoms with Gasteiger partial charge in [0.2, 0.25) is 10.0 Å². The Morgan fingerprint density at radius 1 is 1.29 bits per heavy atom. The van der Waals surface area contributed by atoms with Crippen LogP contribution in [0.25, 0.3) is 0 Å². The maximum atomic E-state index is 11.5. The van der Waals surface area contributed by atoms with Gasteiger partial charge in [-0.25, -0.2) is 16.8 Å². The van der Waals surface area contributed by atoms with Crippen LogP contribution < -0.4 is 10.5 Å². The third kappa shape index (κ3) is 4.92. The van der Waals surface area contributed by atoms with E-state index in [1.54, 1.807) is 6.07 Å². The van der Waals surface area contributed by atoms with Crippen LogP contribution in [0.1, 0.15) is 0 Å². The molecule has 0 spiro atoms. The highest BCUT2D eigenvalue weighted by molar-refractivity contribution is 9.10. The Balaban J connectivity index is 2.99. The molecule has 0 amide bonds. The van der Waals surface area contributed by atoms with Crippen LogP contribution in [0.15, 0.2) is 22.7 Å². The summed E-state index contributed by atoms with van der Waals surface area (Å²) in [5.41, 5.74) is 5.94. The average molecular weight is 343 g/mol. The first-order chi connectivity index (χ1) is 7.59. The third-order valence-electron chi connectivity index (χ3n) is 1.65. The molecule has 3 N–H and O–H groups in total. The van der Waals surface area contributed by atoms with Gasteiger partial charge in [0.25, 0.3) is 0 Å². The quantitative estimate of drug-likeness (QED) is 0.786. The van der Waals surface area contributed by atoms with Crippen LogP contribution in [0.4, 0.5) is 11.4 Å². The zero-order chi connectivity index (χ0) is 13.3. The number of hydrogen-bond acceptors (Lipinski definition) is 5. The van der Waals surface area contributed by atoms with Crippen molar-refractivity contribution in [3.63, 3.8) is 0 Å². The normalized spacial score (nSPS) is 12.4. The summed E-state index contributed by atoms with van der Waals surface area (Å²) in [5, 5.41) is -0.977. The molecule has 0 fully saturated rings. The second kappa shape index (κ2) is 4.83. The van der Waals surface area contributed by atoms with Crippen LogP contribution in [0.5, 0.6) is 0 Å². The molecule has 17 heavy (non-hydrogen) atoms. The largest absolute Gasteiger partial charge is 0.397 e. The number of nitrogens with two attached hydrogens (primary N) is 1. The molecule has 96 valence electrons. The molecule has 0 aliphatic carbocycles. The smallest absolute Gasteiger partial charge is 0.247 e. The van der Waals surface area contributed by atoms with E-state index in [0.717, 1.165) is 6.26 Å². The fourth-order valence-corrected chi connectivity index (χ4v) is 4.50. The van der Waals surface area contributed by atoms with Gasteiger partial charge >= 0.3 is 0 Å². The molecule has 0 saturated carbocycles. The van der Waals surface area contributed by atoms with Gasteiger partial charge in [-0.3, -0.25) is 4.72 Å². The summed E-state index contributed by atoms with van der Waals surface area (Å²) in [6.07, 6.45) is 0.844. The summed E-state index contributed by atoms with van der Waals surface area (Å²) < 4.78 is 47.6. The number of sulfonamides is 1. The van der Waals surface area contributed by atoms with Crippen LogP contribution in [0.3, 0.4) is 0 Å². The highest BCUT2D eigenvalue weighted by atomic mass is 79.9.